The van der Waals surface area contributed by atoms with E-state index in [1.807, 2.05) is 20.8 Å². The van der Waals surface area contributed by atoms with Crippen LogP contribution in [0.5, 0.6) is 0 Å². The second kappa shape index (κ2) is 4.97. The van der Waals surface area contributed by atoms with E-state index < -0.39 is 5.91 Å². The summed E-state index contributed by atoms with van der Waals surface area (Å²) in [6, 6.07) is 3.25. The van der Waals surface area contributed by atoms with Crippen molar-refractivity contribution in [3.05, 3.63) is 35.1 Å². The predicted octanol–water partition coefficient (Wildman–Crippen LogP) is 2.40. The molecule has 0 aliphatic heterocycles. The number of carbonyl (C=O) groups is 1. The average molecular weight is 280 g/mol. The van der Waals surface area contributed by atoms with Crippen LogP contribution < -0.4 is 5.32 Å². The minimum Gasteiger partial charge on any atom is -0.318 e. The van der Waals surface area contributed by atoms with E-state index in [-0.39, 0.29) is 11.2 Å². The molecule has 2 aromatic rings. The van der Waals surface area contributed by atoms with E-state index in [9.17, 15) is 4.79 Å². The first-order chi connectivity index (χ1) is 8.86. The Morgan fingerprint density at radius 1 is 1.37 bits per heavy atom. The summed E-state index contributed by atoms with van der Waals surface area (Å²) < 4.78 is 0. The van der Waals surface area contributed by atoms with Crippen molar-refractivity contribution >= 4 is 23.2 Å². The molecule has 1 amide bonds. The lowest BCUT2D eigenvalue weighted by atomic mass is 9.96. The Morgan fingerprint density at radius 3 is 2.63 bits per heavy atom. The summed E-state index contributed by atoms with van der Waals surface area (Å²) in [5.74, 6) is 0.364. The van der Waals surface area contributed by atoms with Gasteiger partial charge in [0.25, 0.3) is 5.91 Å². The molecule has 2 heterocycles. The smallest absolute Gasteiger partial charge is 0.295 e. The summed E-state index contributed by atoms with van der Waals surface area (Å²) in [7, 11) is 0. The topological polar surface area (TPSA) is 83.6 Å². The monoisotopic (exact) mass is 279 g/mol. The SMILES string of the molecule is CC(C)(C)c1nc(C(=O)Nc2ccc(Cl)nc2)n[nH]1. The first-order valence-corrected chi connectivity index (χ1v) is 6.10. The summed E-state index contributed by atoms with van der Waals surface area (Å²) >= 11 is 5.67. The Hall–Kier alpha value is -1.95. The summed E-state index contributed by atoms with van der Waals surface area (Å²) in [4.78, 5) is 20.0. The number of hydrogen-bond acceptors (Lipinski definition) is 4. The van der Waals surface area contributed by atoms with Crippen LogP contribution in [0.2, 0.25) is 5.15 Å². The maximum absolute atomic E-state index is 11.9. The van der Waals surface area contributed by atoms with Crippen LogP contribution in [0.25, 0.3) is 0 Å². The van der Waals surface area contributed by atoms with Gasteiger partial charge in [0, 0.05) is 5.41 Å². The highest BCUT2D eigenvalue weighted by Crippen LogP contribution is 2.17. The molecule has 2 N–H and O–H groups in total. The van der Waals surface area contributed by atoms with Crippen LogP contribution in [0.3, 0.4) is 0 Å². The fourth-order valence-electron chi connectivity index (χ4n) is 1.34. The Bertz CT molecular complexity index is 585. The highest BCUT2D eigenvalue weighted by Gasteiger charge is 2.21. The number of hydrogen-bond donors (Lipinski definition) is 2. The molecule has 19 heavy (non-hydrogen) atoms. The molecule has 0 bridgehead atoms. The molecule has 100 valence electrons. The third-order valence-corrected chi connectivity index (χ3v) is 2.61. The van der Waals surface area contributed by atoms with Crippen LogP contribution in [0, 0.1) is 0 Å². The van der Waals surface area contributed by atoms with Gasteiger partial charge < -0.3 is 5.32 Å². The number of nitrogens with zero attached hydrogens (tertiary/aromatic N) is 3. The number of rotatable bonds is 2. The molecular formula is C12H14ClN5O. The summed E-state index contributed by atoms with van der Waals surface area (Å²) in [6.07, 6.45) is 1.47. The van der Waals surface area contributed by atoms with Crippen LogP contribution in [0.4, 0.5) is 5.69 Å². The minimum atomic E-state index is -0.393. The number of anilines is 1. The van der Waals surface area contributed by atoms with Gasteiger partial charge in [0.2, 0.25) is 5.82 Å². The number of aromatic nitrogens is 4. The second-order valence-electron chi connectivity index (χ2n) is 5.08. The van der Waals surface area contributed by atoms with E-state index in [1.54, 1.807) is 12.1 Å². The molecule has 0 spiro atoms. The van der Waals surface area contributed by atoms with Gasteiger partial charge in [-0.15, -0.1) is 5.10 Å². The molecule has 0 atom stereocenters. The van der Waals surface area contributed by atoms with Gasteiger partial charge >= 0.3 is 0 Å². The van der Waals surface area contributed by atoms with Crippen LogP contribution >= 0.6 is 11.6 Å². The van der Waals surface area contributed by atoms with Crippen LogP contribution in [0.1, 0.15) is 37.2 Å². The van der Waals surface area contributed by atoms with Gasteiger partial charge in [-0.25, -0.2) is 9.97 Å². The molecule has 0 aliphatic carbocycles. The highest BCUT2D eigenvalue weighted by atomic mass is 35.5. The maximum atomic E-state index is 11.9. The largest absolute Gasteiger partial charge is 0.318 e. The zero-order chi connectivity index (χ0) is 14.0. The molecule has 0 aromatic carbocycles. The number of halogens is 1. The van der Waals surface area contributed by atoms with Gasteiger partial charge in [0.05, 0.1) is 11.9 Å². The Kier molecular flexibility index (Phi) is 3.53. The van der Waals surface area contributed by atoms with Gasteiger partial charge in [-0.3, -0.25) is 9.89 Å². The number of amides is 1. The van der Waals surface area contributed by atoms with Gasteiger partial charge in [0.15, 0.2) is 0 Å². The first kappa shape index (κ1) is 13.5. The molecule has 2 aromatic heterocycles. The Labute approximate surface area is 115 Å². The molecule has 7 heteroatoms. The van der Waals surface area contributed by atoms with E-state index in [0.29, 0.717) is 16.7 Å². The third-order valence-electron chi connectivity index (χ3n) is 2.38. The van der Waals surface area contributed by atoms with Crippen LogP contribution in [-0.2, 0) is 5.41 Å². The molecule has 0 aliphatic rings. The van der Waals surface area contributed by atoms with Gasteiger partial charge in [-0.05, 0) is 12.1 Å². The molecule has 6 nitrogen and oxygen atoms in total. The summed E-state index contributed by atoms with van der Waals surface area (Å²) in [5.41, 5.74) is 0.351. The normalized spacial score (nSPS) is 11.4. The number of H-pyrrole nitrogens is 1. The van der Waals surface area contributed by atoms with Gasteiger partial charge in [-0.2, -0.15) is 0 Å². The Morgan fingerprint density at radius 2 is 2.11 bits per heavy atom. The van der Waals surface area contributed by atoms with Crippen molar-refractivity contribution in [2.24, 2.45) is 0 Å². The van der Waals surface area contributed by atoms with E-state index >= 15 is 0 Å². The zero-order valence-corrected chi connectivity index (χ0v) is 11.6. The van der Waals surface area contributed by atoms with E-state index in [1.165, 1.54) is 6.20 Å². The molecule has 0 radical (unpaired) electrons. The molecular weight excluding hydrogens is 266 g/mol. The van der Waals surface area contributed by atoms with Crippen molar-refractivity contribution in [2.45, 2.75) is 26.2 Å². The van der Waals surface area contributed by atoms with Crippen molar-refractivity contribution in [3.63, 3.8) is 0 Å². The van der Waals surface area contributed by atoms with Crippen molar-refractivity contribution < 1.29 is 4.79 Å². The fraction of sp³-hybridized carbons (Fsp3) is 0.333. The van der Waals surface area contributed by atoms with Gasteiger partial charge in [-0.1, -0.05) is 32.4 Å². The summed E-state index contributed by atoms with van der Waals surface area (Å²) in [6.45, 7) is 5.95. The molecule has 0 fully saturated rings. The lowest BCUT2D eigenvalue weighted by Crippen LogP contribution is -2.16. The van der Waals surface area contributed by atoms with Crippen molar-refractivity contribution in [3.8, 4) is 0 Å². The number of aromatic amines is 1. The lowest BCUT2D eigenvalue weighted by molar-refractivity contribution is 0.101. The molecule has 0 unspecified atom stereocenters. The van der Waals surface area contributed by atoms with Crippen LogP contribution in [0.15, 0.2) is 18.3 Å². The molecule has 2 rings (SSSR count). The highest BCUT2D eigenvalue weighted by molar-refractivity contribution is 6.29. The van der Waals surface area contributed by atoms with Crippen molar-refractivity contribution in [2.75, 3.05) is 5.32 Å². The van der Waals surface area contributed by atoms with Gasteiger partial charge in [0.1, 0.15) is 11.0 Å². The maximum Gasteiger partial charge on any atom is 0.295 e. The fourth-order valence-corrected chi connectivity index (χ4v) is 1.45. The first-order valence-electron chi connectivity index (χ1n) is 5.72. The van der Waals surface area contributed by atoms with Crippen molar-refractivity contribution in [1.82, 2.24) is 20.2 Å². The Balaban J connectivity index is 2.12. The molecule has 0 saturated carbocycles. The number of nitrogens with one attached hydrogen (secondary N) is 2. The zero-order valence-electron chi connectivity index (χ0n) is 10.9. The number of carbonyl (C=O) groups excluding carboxylic acids is 1. The van der Waals surface area contributed by atoms with E-state index in [4.69, 9.17) is 11.6 Å². The standard InChI is InChI=1S/C12H14ClN5O/c1-12(2,3)11-16-9(17-18-11)10(19)15-7-4-5-8(13)14-6-7/h4-6H,1-3H3,(H,15,19)(H,16,17,18). The second-order valence-corrected chi connectivity index (χ2v) is 5.47. The third kappa shape index (κ3) is 3.29. The van der Waals surface area contributed by atoms with E-state index in [0.717, 1.165) is 0 Å². The molecule has 0 saturated heterocycles. The van der Waals surface area contributed by atoms with Crippen LogP contribution in [-0.4, -0.2) is 26.1 Å². The lowest BCUT2D eigenvalue weighted by Gasteiger charge is -2.12. The minimum absolute atomic E-state index is 0.0971. The quantitative estimate of drug-likeness (QED) is 0.827. The van der Waals surface area contributed by atoms with Crippen molar-refractivity contribution in [1.29, 1.82) is 0 Å². The number of pyridine rings is 1. The summed E-state index contributed by atoms with van der Waals surface area (Å²) in [5, 5.41) is 9.68. The predicted molar refractivity (Wildman–Crippen MR) is 72.3 cm³/mol. The average Bonchev–Trinajstić information content (AvgIpc) is 2.81. The van der Waals surface area contributed by atoms with E-state index in [2.05, 4.69) is 25.5 Å².